The molecular formula is C16H15NO3. The Morgan fingerprint density at radius 2 is 1.95 bits per heavy atom. The van der Waals surface area contributed by atoms with Crippen LogP contribution in [0.3, 0.4) is 0 Å². The van der Waals surface area contributed by atoms with Crippen LogP contribution in [0.2, 0.25) is 0 Å². The highest BCUT2D eigenvalue weighted by Crippen LogP contribution is 2.37. The number of fused-ring (bicyclic) bond motifs is 1. The fraction of sp³-hybridized carbons (Fsp3) is 0.250. The third kappa shape index (κ3) is 1.84. The number of ketones is 1. The lowest BCUT2D eigenvalue weighted by molar-refractivity contribution is -0.138. The molecule has 0 spiro atoms. The maximum absolute atomic E-state index is 12.6. The quantitative estimate of drug-likeness (QED) is 0.870. The van der Waals surface area contributed by atoms with Crippen LogP contribution in [0.1, 0.15) is 39.5 Å². The molecule has 0 radical (unpaired) electrons. The number of carboxylic acids is 1. The van der Waals surface area contributed by atoms with Gasteiger partial charge in [0.15, 0.2) is 0 Å². The van der Waals surface area contributed by atoms with E-state index < -0.39 is 11.9 Å². The second-order valence-corrected chi connectivity index (χ2v) is 5.15. The summed E-state index contributed by atoms with van der Waals surface area (Å²) in [7, 11) is 1.80. The first-order valence-corrected chi connectivity index (χ1v) is 6.60. The summed E-state index contributed by atoms with van der Waals surface area (Å²) in [5, 5.41) is 9.22. The Labute approximate surface area is 116 Å². The van der Waals surface area contributed by atoms with Crippen LogP contribution in [-0.2, 0) is 18.3 Å². The summed E-state index contributed by atoms with van der Waals surface area (Å²) in [6.07, 6.45) is 3.02. The second-order valence-electron chi connectivity index (χ2n) is 5.15. The zero-order valence-electron chi connectivity index (χ0n) is 11.2. The predicted octanol–water partition coefficient (Wildman–Crippen LogP) is 2.37. The van der Waals surface area contributed by atoms with Crippen LogP contribution in [0.4, 0.5) is 0 Å². The van der Waals surface area contributed by atoms with Crippen LogP contribution < -0.4 is 0 Å². The van der Waals surface area contributed by atoms with Crippen molar-refractivity contribution < 1.29 is 14.7 Å². The van der Waals surface area contributed by atoms with Crippen molar-refractivity contribution >= 4 is 11.8 Å². The zero-order chi connectivity index (χ0) is 14.3. The molecule has 1 unspecified atom stereocenters. The molecule has 0 saturated heterocycles. The average Bonchev–Trinajstić information content (AvgIpc) is 2.96. The molecule has 0 bridgehead atoms. The van der Waals surface area contributed by atoms with Gasteiger partial charge in [-0.2, -0.15) is 0 Å². The molecule has 2 aromatic rings. The molecule has 1 aromatic heterocycles. The van der Waals surface area contributed by atoms with Crippen molar-refractivity contribution in [2.45, 2.75) is 18.8 Å². The van der Waals surface area contributed by atoms with Gasteiger partial charge in [0.25, 0.3) is 0 Å². The molecular weight excluding hydrogens is 254 g/mol. The maximum Gasteiger partial charge on any atom is 0.311 e. The topological polar surface area (TPSA) is 59.3 Å². The van der Waals surface area contributed by atoms with Crippen molar-refractivity contribution in [2.75, 3.05) is 0 Å². The van der Waals surface area contributed by atoms with E-state index >= 15 is 0 Å². The van der Waals surface area contributed by atoms with E-state index in [-0.39, 0.29) is 5.78 Å². The normalized spacial score (nSPS) is 16.9. The molecule has 1 aliphatic rings. The molecule has 0 amide bonds. The largest absolute Gasteiger partial charge is 0.481 e. The van der Waals surface area contributed by atoms with Crippen molar-refractivity contribution in [1.29, 1.82) is 0 Å². The third-order valence-corrected chi connectivity index (χ3v) is 3.93. The highest BCUT2D eigenvalue weighted by atomic mass is 16.4. The van der Waals surface area contributed by atoms with Gasteiger partial charge < -0.3 is 9.67 Å². The van der Waals surface area contributed by atoms with E-state index in [9.17, 15) is 14.7 Å². The molecule has 20 heavy (non-hydrogen) atoms. The Bertz CT molecular complexity index is 685. The van der Waals surface area contributed by atoms with Crippen LogP contribution >= 0.6 is 0 Å². The fourth-order valence-corrected chi connectivity index (χ4v) is 2.99. The van der Waals surface area contributed by atoms with E-state index in [1.165, 1.54) is 0 Å². The molecule has 1 aliphatic carbocycles. The van der Waals surface area contributed by atoms with Crippen molar-refractivity contribution in [1.82, 2.24) is 4.57 Å². The minimum atomic E-state index is -0.812. The minimum Gasteiger partial charge on any atom is -0.481 e. The number of carbonyl (C=O) groups is 2. The number of nitrogens with zero attached hydrogens (tertiary/aromatic N) is 1. The van der Waals surface area contributed by atoms with Crippen molar-refractivity contribution in [2.24, 2.45) is 7.05 Å². The molecule has 4 nitrogen and oxygen atoms in total. The molecule has 1 N–H and O–H groups in total. The molecule has 1 atom stereocenters. The van der Waals surface area contributed by atoms with E-state index in [2.05, 4.69) is 0 Å². The first-order chi connectivity index (χ1) is 9.59. The number of aryl methyl sites for hydroxylation is 1. The van der Waals surface area contributed by atoms with Gasteiger partial charge >= 0.3 is 5.97 Å². The van der Waals surface area contributed by atoms with E-state index in [0.29, 0.717) is 24.1 Å². The number of rotatable bonds is 3. The molecule has 0 aliphatic heterocycles. The monoisotopic (exact) mass is 269 g/mol. The third-order valence-electron chi connectivity index (χ3n) is 3.93. The number of carboxylic acid groups (broad SMARTS) is 1. The summed E-state index contributed by atoms with van der Waals surface area (Å²) >= 11 is 0. The number of hydrogen-bond acceptors (Lipinski definition) is 2. The van der Waals surface area contributed by atoms with E-state index in [1.54, 1.807) is 29.9 Å². The Morgan fingerprint density at radius 3 is 2.60 bits per heavy atom. The smallest absolute Gasteiger partial charge is 0.311 e. The molecule has 3 rings (SSSR count). The Kier molecular flexibility index (Phi) is 2.93. The van der Waals surface area contributed by atoms with Crippen LogP contribution in [0.15, 0.2) is 36.5 Å². The summed E-state index contributed by atoms with van der Waals surface area (Å²) in [5.41, 5.74) is 2.94. The molecule has 0 fully saturated rings. The lowest BCUT2D eigenvalue weighted by atomic mass is 10.0. The highest BCUT2D eigenvalue weighted by molar-refractivity contribution is 6.09. The summed E-state index contributed by atoms with van der Waals surface area (Å²) in [6.45, 7) is 0. The summed E-state index contributed by atoms with van der Waals surface area (Å²) in [5.74, 6) is -1.33. The van der Waals surface area contributed by atoms with Gasteiger partial charge in [0.1, 0.15) is 0 Å². The van der Waals surface area contributed by atoms with Gasteiger partial charge in [0, 0.05) is 18.8 Å². The zero-order valence-corrected chi connectivity index (χ0v) is 11.2. The summed E-state index contributed by atoms with van der Waals surface area (Å²) < 4.78 is 1.76. The number of aromatic nitrogens is 1. The van der Waals surface area contributed by atoms with E-state index in [4.69, 9.17) is 0 Å². The Morgan fingerprint density at radius 1 is 1.25 bits per heavy atom. The number of benzene rings is 1. The van der Waals surface area contributed by atoms with Crippen LogP contribution in [0, 0.1) is 0 Å². The number of carbonyl (C=O) groups excluding carboxylic acids is 1. The lowest BCUT2D eigenvalue weighted by Gasteiger charge is -2.05. The SMILES string of the molecule is Cn1cc2c(c1C(=O)c1ccccc1)CCC2C(=O)O. The summed E-state index contributed by atoms with van der Waals surface area (Å²) in [6, 6.07) is 9.09. The molecule has 1 heterocycles. The average molecular weight is 269 g/mol. The van der Waals surface area contributed by atoms with Crippen molar-refractivity contribution in [3.05, 3.63) is 58.9 Å². The molecule has 1 aromatic carbocycles. The van der Waals surface area contributed by atoms with Gasteiger partial charge in [0.2, 0.25) is 5.78 Å². The van der Waals surface area contributed by atoms with Gasteiger partial charge in [-0.25, -0.2) is 0 Å². The number of hydrogen-bond donors (Lipinski definition) is 1. The fourth-order valence-electron chi connectivity index (χ4n) is 2.99. The predicted molar refractivity (Wildman–Crippen MR) is 74.0 cm³/mol. The molecule has 102 valence electrons. The molecule has 4 heteroatoms. The van der Waals surface area contributed by atoms with Gasteiger partial charge in [-0.05, 0) is 24.0 Å². The second kappa shape index (κ2) is 4.63. The van der Waals surface area contributed by atoms with Crippen molar-refractivity contribution in [3.8, 4) is 0 Å². The Hall–Kier alpha value is -2.36. The highest BCUT2D eigenvalue weighted by Gasteiger charge is 2.34. The van der Waals surface area contributed by atoms with Crippen LogP contribution in [-0.4, -0.2) is 21.4 Å². The summed E-state index contributed by atoms with van der Waals surface area (Å²) in [4.78, 5) is 23.8. The standard InChI is InChI=1S/C16H15NO3/c1-17-9-13-11(7-8-12(13)16(19)20)14(17)15(18)10-5-3-2-4-6-10/h2-6,9,12H,7-8H2,1H3,(H,19,20). The van der Waals surface area contributed by atoms with Gasteiger partial charge in [-0.15, -0.1) is 0 Å². The number of aliphatic carboxylic acids is 1. The van der Waals surface area contributed by atoms with Gasteiger partial charge in [-0.1, -0.05) is 30.3 Å². The van der Waals surface area contributed by atoms with Gasteiger partial charge in [-0.3, -0.25) is 9.59 Å². The molecule has 0 saturated carbocycles. The minimum absolute atomic E-state index is 0.0413. The maximum atomic E-state index is 12.6. The lowest BCUT2D eigenvalue weighted by Crippen LogP contribution is -2.09. The first kappa shape index (κ1) is 12.7. The van der Waals surface area contributed by atoms with E-state index in [0.717, 1.165) is 11.1 Å². The van der Waals surface area contributed by atoms with Crippen LogP contribution in [0.5, 0.6) is 0 Å². The van der Waals surface area contributed by atoms with Crippen molar-refractivity contribution in [3.63, 3.8) is 0 Å². The van der Waals surface area contributed by atoms with Crippen LogP contribution in [0.25, 0.3) is 0 Å². The first-order valence-electron chi connectivity index (χ1n) is 6.60. The Balaban J connectivity index is 2.07. The van der Waals surface area contributed by atoms with E-state index in [1.807, 2.05) is 18.2 Å². The van der Waals surface area contributed by atoms with Gasteiger partial charge in [0.05, 0.1) is 11.6 Å².